The Morgan fingerprint density at radius 1 is 1.50 bits per heavy atom. The molecule has 2 N–H and O–H groups in total. The summed E-state index contributed by atoms with van der Waals surface area (Å²) in [6.45, 7) is 1.84. The zero-order chi connectivity index (χ0) is 12.2. The quantitative estimate of drug-likeness (QED) is 0.790. The standard InChI is InChI=1S/C8H11BrN2O3S2/c1-6(12)10-2-3-11-16(13,14)8-4-7(9)5-15-8/h4-5,11H,2-3H2,1H3,(H,10,12). The Hall–Kier alpha value is -0.440. The highest BCUT2D eigenvalue weighted by atomic mass is 79.9. The second-order valence-electron chi connectivity index (χ2n) is 2.96. The molecule has 0 saturated heterocycles. The van der Waals surface area contributed by atoms with Crippen LogP contribution in [0.25, 0.3) is 0 Å². The van der Waals surface area contributed by atoms with Crippen LogP contribution >= 0.6 is 27.3 Å². The second kappa shape index (κ2) is 5.76. The van der Waals surface area contributed by atoms with Gasteiger partial charge in [-0.1, -0.05) is 0 Å². The van der Waals surface area contributed by atoms with Crippen LogP contribution in [0.5, 0.6) is 0 Å². The largest absolute Gasteiger partial charge is 0.355 e. The van der Waals surface area contributed by atoms with E-state index in [0.29, 0.717) is 0 Å². The number of halogens is 1. The van der Waals surface area contributed by atoms with Gasteiger partial charge in [-0.15, -0.1) is 11.3 Å². The van der Waals surface area contributed by atoms with Gasteiger partial charge in [0, 0.05) is 29.9 Å². The maximum absolute atomic E-state index is 11.7. The van der Waals surface area contributed by atoms with E-state index in [1.54, 1.807) is 5.38 Å². The van der Waals surface area contributed by atoms with Gasteiger partial charge in [0.25, 0.3) is 0 Å². The number of hydrogen-bond acceptors (Lipinski definition) is 4. The molecule has 16 heavy (non-hydrogen) atoms. The lowest BCUT2D eigenvalue weighted by molar-refractivity contribution is -0.118. The Morgan fingerprint density at radius 3 is 2.69 bits per heavy atom. The molecule has 1 rings (SSSR count). The molecule has 0 fully saturated rings. The van der Waals surface area contributed by atoms with Gasteiger partial charge in [-0.25, -0.2) is 13.1 Å². The van der Waals surface area contributed by atoms with Crippen molar-refractivity contribution in [2.75, 3.05) is 13.1 Å². The molecule has 0 radical (unpaired) electrons. The van der Waals surface area contributed by atoms with Crippen molar-refractivity contribution in [1.82, 2.24) is 10.0 Å². The Labute approximate surface area is 106 Å². The first kappa shape index (κ1) is 13.6. The van der Waals surface area contributed by atoms with Crippen molar-refractivity contribution >= 4 is 43.2 Å². The predicted octanol–water partition coefficient (Wildman–Crippen LogP) is 0.925. The van der Waals surface area contributed by atoms with Crippen LogP contribution in [0.2, 0.25) is 0 Å². The molecule has 8 heteroatoms. The number of hydrogen-bond donors (Lipinski definition) is 2. The average molecular weight is 327 g/mol. The summed E-state index contributed by atoms with van der Waals surface area (Å²) in [7, 11) is -3.45. The van der Waals surface area contributed by atoms with E-state index in [1.807, 2.05) is 0 Å². The van der Waals surface area contributed by atoms with Crippen LogP contribution < -0.4 is 10.0 Å². The fraction of sp³-hybridized carbons (Fsp3) is 0.375. The van der Waals surface area contributed by atoms with Crippen LogP contribution in [0, 0.1) is 0 Å². The third kappa shape index (κ3) is 4.20. The van der Waals surface area contributed by atoms with Crippen molar-refractivity contribution < 1.29 is 13.2 Å². The van der Waals surface area contributed by atoms with Crippen molar-refractivity contribution in [2.45, 2.75) is 11.1 Å². The van der Waals surface area contributed by atoms with E-state index < -0.39 is 10.0 Å². The average Bonchev–Trinajstić information content (AvgIpc) is 2.60. The summed E-state index contributed by atoms with van der Waals surface area (Å²) in [5.41, 5.74) is 0. The van der Waals surface area contributed by atoms with E-state index >= 15 is 0 Å². The molecule has 0 atom stereocenters. The van der Waals surface area contributed by atoms with Gasteiger partial charge in [0.2, 0.25) is 15.9 Å². The van der Waals surface area contributed by atoms with Gasteiger partial charge in [0.15, 0.2) is 0 Å². The monoisotopic (exact) mass is 326 g/mol. The van der Waals surface area contributed by atoms with Gasteiger partial charge in [0.1, 0.15) is 4.21 Å². The summed E-state index contributed by atoms with van der Waals surface area (Å²) < 4.78 is 26.7. The highest BCUT2D eigenvalue weighted by Crippen LogP contribution is 2.23. The van der Waals surface area contributed by atoms with Gasteiger partial charge in [-0.3, -0.25) is 4.79 Å². The summed E-state index contributed by atoms with van der Waals surface area (Å²) >= 11 is 4.32. The van der Waals surface area contributed by atoms with E-state index in [2.05, 4.69) is 26.0 Å². The first-order chi connectivity index (χ1) is 7.42. The maximum Gasteiger partial charge on any atom is 0.250 e. The van der Waals surface area contributed by atoms with Gasteiger partial charge in [0.05, 0.1) is 0 Å². The third-order valence-corrected chi connectivity index (χ3v) is 5.26. The molecule has 0 aliphatic rings. The minimum Gasteiger partial charge on any atom is -0.355 e. The van der Waals surface area contributed by atoms with Crippen LogP contribution in [-0.2, 0) is 14.8 Å². The van der Waals surface area contributed by atoms with Crippen molar-refractivity contribution in [3.05, 3.63) is 15.9 Å². The lowest BCUT2D eigenvalue weighted by atomic mass is 10.6. The summed E-state index contributed by atoms with van der Waals surface area (Å²) in [5.74, 6) is -0.182. The first-order valence-corrected chi connectivity index (χ1v) is 7.55. The van der Waals surface area contributed by atoms with E-state index in [0.717, 1.165) is 15.8 Å². The number of carbonyl (C=O) groups excluding carboxylic acids is 1. The number of carbonyl (C=O) groups is 1. The number of sulfonamides is 1. The molecule has 0 saturated carbocycles. The molecule has 0 spiro atoms. The molecule has 0 unspecified atom stereocenters. The Balaban J connectivity index is 2.50. The highest BCUT2D eigenvalue weighted by molar-refractivity contribution is 9.10. The summed E-state index contributed by atoms with van der Waals surface area (Å²) in [6, 6.07) is 1.53. The number of amides is 1. The molecule has 0 bridgehead atoms. The van der Waals surface area contributed by atoms with Gasteiger partial charge in [-0.2, -0.15) is 0 Å². The number of thiophene rings is 1. The van der Waals surface area contributed by atoms with Gasteiger partial charge < -0.3 is 5.32 Å². The molecule has 0 aromatic carbocycles. The molecule has 1 aromatic rings. The van der Waals surface area contributed by atoms with E-state index in [9.17, 15) is 13.2 Å². The molecular formula is C8H11BrN2O3S2. The smallest absolute Gasteiger partial charge is 0.250 e. The number of rotatable bonds is 5. The van der Waals surface area contributed by atoms with E-state index in [4.69, 9.17) is 0 Å². The van der Waals surface area contributed by atoms with Crippen LogP contribution in [-0.4, -0.2) is 27.4 Å². The van der Waals surface area contributed by atoms with Crippen LogP contribution in [0.4, 0.5) is 0 Å². The fourth-order valence-electron chi connectivity index (χ4n) is 0.931. The molecule has 1 amide bonds. The number of nitrogens with one attached hydrogen (secondary N) is 2. The zero-order valence-corrected chi connectivity index (χ0v) is 11.7. The Bertz CT molecular complexity index is 469. The second-order valence-corrected chi connectivity index (χ2v) is 6.79. The lowest BCUT2D eigenvalue weighted by Crippen LogP contribution is -2.33. The van der Waals surface area contributed by atoms with Crippen LogP contribution in [0.3, 0.4) is 0 Å². The first-order valence-electron chi connectivity index (χ1n) is 4.40. The Morgan fingerprint density at radius 2 is 2.19 bits per heavy atom. The normalized spacial score (nSPS) is 11.4. The topological polar surface area (TPSA) is 75.3 Å². The minimum atomic E-state index is -3.45. The molecule has 5 nitrogen and oxygen atoms in total. The molecule has 1 heterocycles. The molecular weight excluding hydrogens is 316 g/mol. The Kier molecular flexibility index (Phi) is 4.90. The van der Waals surface area contributed by atoms with Gasteiger partial charge >= 0.3 is 0 Å². The molecule has 0 aliphatic heterocycles. The van der Waals surface area contributed by atoms with Crippen LogP contribution in [0.1, 0.15) is 6.92 Å². The minimum absolute atomic E-state index is 0.178. The van der Waals surface area contributed by atoms with Crippen LogP contribution in [0.15, 0.2) is 20.1 Å². The summed E-state index contributed by atoms with van der Waals surface area (Å²) in [4.78, 5) is 10.5. The summed E-state index contributed by atoms with van der Waals surface area (Å²) in [6.07, 6.45) is 0. The molecule has 0 aliphatic carbocycles. The SMILES string of the molecule is CC(=O)NCCNS(=O)(=O)c1cc(Br)cs1. The van der Waals surface area contributed by atoms with E-state index in [-0.39, 0.29) is 23.2 Å². The summed E-state index contributed by atoms with van der Waals surface area (Å²) in [5, 5.41) is 4.20. The lowest BCUT2D eigenvalue weighted by Gasteiger charge is -2.04. The van der Waals surface area contributed by atoms with E-state index in [1.165, 1.54) is 13.0 Å². The van der Waals surface area contributed by atoms with Crippen molar-refractivity contribution in [3.63, 3.8) is 0 Å². The molecule has 90 valence electrons. The zero-order valence-electron chi connectivity index (χ0n) is 8.49. The maximum atomic E-state index is 11.7. The highest BCUT2D eigenvalue weighted by Gasteiger charge is 2.15. The predicted molar refractivity (Wildman–Crippen MR) is 65.9 cm³/mol. The van der Waals surface area contributed by atoms with Gasteiger partial charge in [-0.05, 0) is 22.0 Å². The fourth-order valence-corrected chi connectivity index (χ4v) is 3.86. The van der Waals surface area contributed by atoms with Crippen molar-refractivity contribution in [3.8, 4) is 0 Å². The third-order valence-electron chi connectivity index (χ3n) is 1.60. The van der Waals surface area contributed by atoms with Crippen molar-refractivity contribution in [2.24, 2.45) is 0 Å². The van der Waals surface area contributed by atoms with Crippen molar-refractivity contribution in [1.29, 1.82) is 0 Å². The molecule has 1 aromatic heterocycles.